The standard InChI is InChI=1S/C11H11NO2/c1-14-10-4-2-3-7-5-8(12)6-9(13)11(7)10/h2-6,13H,12H2,1H3. The molecule has 0 saturated carbocycles. The minimum atomic E-state index is 0.150. The Morgan fingerprint density at radius 1 is 1.29 bits per heavy atom. The van der Waals surface area contributed by atoms with Crippen molar-refractivity contribution < 1.29 is 9.84 Å². The number of hydrogen-bond donors (Lipinski definition) is 2. The third-order valence-corrected chi connectivity index (χ3v) is 2.16. The quantitative estimate of drug-likeness (QED) is 0.676. The number of methoxy groups -OCH3 is 1. The summed E-state index contributed by atoms with van der Waals surface area (Å²) < 4.78 is 5.15. The molecule has 0 heterocycles. The van der Waals surface area contributed by atoms with Crippen molar-refractivity contribution in [3.63, 3.8) is 0 Å². The van der Waals surface area contributed by atoms with Gasteiger partial charge in [-0.1, -0.05) is 12.1 Å². The van der Waals surface area contributed by atoms with E-state index >= 15 is 0 Å². The van der Waals surface area contributed by atoms with Crippen LogP contribution in [0.15, 0.2) is 30.3 Å². The van der Waals surface area contributed by atoms with E-state index in [9.17, 15) is 5.11 Å². The first-order valence-corrected chi connectivity index (χ1v) is 4.27. The highest BCUT2D eigenvalue weighted by atomic mass is 16.5. The summed E-state index contributed by atoms with van der Waals surface area (Å²) in [6.07, 6.45) is 0. The van der Waals surface area contributed by atoms with Gasteiger partial charge in [-0.3, -0.25) is 0 Å². The Morgan fingerprint density at radius 3 is 2.79 bits per heavy atom. The molecular formula is C11H11NO2. The number of benzene rings is 2. The third kappa shape index (κ3) is 1.23. The SMILES string of the molecule is COc1cccc2cc(N)cc(O)c12. The number of phenols is 1. The molecule has 2 aromatic carbocycles. The van der Waals surface area contributed by atoms with Crippen LogP contribution in [0.25, 0.3) is 10.8 Å². The summed E-state index contributed by atoms with van der Waals surface area (Å²) in [6.45, 7) is 0. The van der Waals surface area contributed by atoms with Crippen molar-refractivity contribution in [2.75, 3.05) is 12.8 Å². The third-order valence-electron chi connectivity index (χ3n) is 2.16. The maximum Gasteiger partial charge on any atom is 0.130 e. The van der Waals surface area contributed by atoms with Gasteiger partial charge in [0.25, 0.3) is 0 Å². The molecule has 0 unspecified atom stereocenters. The van der Waals surface area contributed by atoms with Crippen molar-refractivity contribution in [2.24, 2.45) is 0 Å². The number of fused-ring (bicyclic) bond motifs is 1. The smallest absolute Gasteiger partial charge is 0.130 e. The Hall–Kier alpha value is -1.90. The van der Waals surface area contributed by atoms with E-state index in [1.165, 1.54) is 6.07 Å². The zero-order valence-corrected chi connectivity index (χ0v) is 7.82. The second-order valence-corrected chi connectivity index (χ2v) is 3.10. The monoisotopic (exact) mass is 189 g/mol. The zero-order chi connectivity index (χ0) is 10.1. The number of nitrogens with two attached hydrogens (primary N) is 1. The van der Waals surface area contributed by atoms with Crippen molar-refractivity contribution >= 4 is 16.5 Å². The topological polar surface area (TPSA) is 55.5 Å². The van der Waals surface area contributed by atoms with Crippen LogP contribution in [0.3, 0.4) is 0 Å². The maximum absolute atomic E-state index is 9.70. The first-order chi connectivity index (χ1) is 6.72. The Morgan fingerprint density at radius 2 is 2.07 bits per heavy atom. The van der Waals surface area contributed by atoms with Crippen LogP contribution in [-0.4, -0.2) is 12.2 Å². The molecule has 0 amide bonds. The van der Waals surface area contributed by atoms with Crippen LogP contribution in [0.2, 0.25) is 0 Å². The van der Waals surface area contributed by atoms with Crippen molar-refractivity contribution in [1.82, 2.24) is 0 Å². The lowest BCUT2D eigenvalue weighted by Gasteiger charge is -2.07. The number of aromatic hydroxyl groups is 1. The van der Waals surface area contributed by atoms with Gasteiger partial charge in [0, 0.05) is 11.8 Å². The molecule has 14 heavy (non-hydrogen) atoms. The number of ether oxygens (including phenoxy) is 1. The van der Waals surface area contributed by atoms with Crippen molar-refractivity contribution in [1.29, 1.82) is 0 Å². The van der Waals surface area contributed by atoms with Crippen LogP contribution >= 0.6 is 0 Å². The molecule has 2 rings (SSSR count). The zero-order valence-electron chi connectivity index (χ0n) is 7.82. The van der Waals surface area contributed by atoms with Crippen LogP contribution in [0.4, 0.5) is 5.69 Å². The Labute approximate surface area is 81.7 Å². The van der Waals surface area contributed by atoms with E-state index in [1.54, 1.807) is 19.2 Å². The molecule has 0 saturated heterocycles. The van der Waals surface area contributed by atoms with Gasteiger partial charge in [0.2, 0.25) is 0 Å². The van der Waals surface area contributed by atoms with E-state index in [0.717, 1.165) is 5.39 Å². The minimum absolute atomic E-state index is 0.150. The van der Waals surface area contributed by atoms with Gasteiger partial charge in [-0.15, -0.1) is 0 Å². The molecule has 2 aromatic rings. The number of anilines is 1. The summed E-state index contributed by atoms with van der Waals surface area (Å²) in [6, 6.07) is 8.87. The fourth-order valence-electron chi connectivity index (χ4n) is 1.56. The van der Waals surface area contributed by atoms with Crippen molar-refractivity contribution in [2.45, 2.75) is 0 Å². The van der Waals surface area contributed by atoms with E-state index < -0.39 is 0 Å². The summed E-state index contributed by atoms with van der Waals surface area (Å²) in [5.74, 6) is 0.803. The summed E-state index contributed by atoms with van der Waals surface area (Å²) in [4.78, 5) is 0. The van der Waals surface area contributed by atoms with Gasteiger partial charge in [-0.05, 0) is 17.5 Å². The molecule has 3 N–H and O–H groups in total. The number of rotatable bonds is 1. The van der Waals surface area contributed by atoms with E-state index in [2.05, 4.69) is 0 Å². The van der Waals surface area contributed by atoms with Gasteiger partial charge in [-0.2, -0.15) is 0 Å². The fourth-order valence-corrected chi connectivity index (χ4v) is 1.56. The molecular weight excluding hydrogens is 178 g/mol. The molecule has 0 aliphatic carbocycles. The van der Waals surface area contributed by atoms with Gasteiger partial charge < -0.3 is 15.6 Å². The number of hydrogen-bond acceptors (Lipinski definition) is 3. The maximum atomic E-state index is 9.70. The molecule has 0 bridgehead atoms. The molecule has 0 radical (unpaired) electrons. The van der Waals surface area contributed by atoms with Crippen LogP contribution in [0, 0.1) is 0 Å². The lowest BCUT2D eigenvalue weighted by Crippen LogP contribution is -1.88. The highest BCUT2D eigenvalue weighted by molar-refractivity contribution is 5.95. The van der Waals surface area contributed by atoms with E-state index in [4.69, 9.17) is 10.5 Å². The summed E-state index contributed by atoms with van der Waals surface area (Å²) in [5.41, 5.74) is 6.16. The summed E-state index contributed by atoms with van der Waals surface area (Å²) in [7, 11) is 1.57. The summed E-state index contributed by atoms with van der Waals surface area (Å²) in [5, 5.41) is 11.3. The second kappa shape index (κ2) is 3.10. The normalized spacial score (nSPS) is 10.4. The molecule has 0 aliphatic heterocycles. The number of phenolic OH excluding ortho intramolecular Hbond substituents is 1. The van der Waals surface area contributed by atoms with Crippen LogP contribution in [-0.2, 0) is 0 Å². The van der Waals surface area contributed by atoms with Gasteiger partial charge in [0.15, 0.2) is 0 Å². The molecule has 0 aliphatic rings. The van der Waals surface area contributed by atoms with Crippen LogP contribution < -0.4 is 10.5 Å². The van der Waals surface area contributed by atoms with Crippen LogP contribution in [0.5, 0.6) is 11.5 Å². The molecule has 0 fully saturated rings. The Kier molecular flexibility index (Phi) is 1.93. The van der Waals surface area contributed by atoms with Gasteiger partial charge >= 0.3 is 0 Å². The Bertz CT molecular complexity index is 480. The first kappa shape index (κ1) is 8.69. The predicted octanol–water partition coefficient (Wildman–Crippen LogP) is 2.14. The molecule has 0 aromatic heterocycles. The van der Waals surface area contributed by atoms with Gasteiger partial charge in [0.1, 0.15) is 11.5 Å². The second-order valence-electron chi connectivity index (χ2n) is 3.10. The average Bonchev–Trinajstić information content (AvgIpc) is 2.16. The lowest BCUT2D eigenvalue weighted by atomic mass is 10.1. The van der Waals surface area contributed by atoms with Crippen LogP contribution in [0.1, 0.15) is 0 Å². The Balaban J connectivity index is 2.87. The van der Waals surface area contributed by atoms with E-state index in [-0.39, 0.29) is 5.75 Å². The highest BCUT2D eigenvalue weighted by Gasteiger charge is 2.06. The molecule has 0 atom stereocenters. The minimum Gasteiger partial charge on any atom is -0.507 e. The van der Waals surface area contributed by atoms with E-state index in [0.29, 0.717) is 16.8 Å². The molecule has 72 valence electrons. The highest BCUT2D eigenvalue weighted by Crippen LogP contribution is 2.34. The molecule has 3 nitrogen and oxygen atoms in total. The first-order valence-electron chi connectivity index (χ1n) is 4.27. The molecule has 0 spiro atoms. The van der Waals surface area contributed by atoms with Gasteiger partial charge in [0.05, 0.1) is 12.5 Å². The fraction of sp³-hybridized carbons (Fsp3) is 0.0909. The van der Waals surface area contributed by atoms with E-state index in [1.807, 2.05) is 12.1 Å². The largest absolute Gasteiger partial charge is 0.507 e. The van der Waals surface area contributed by atoms with Crippen molar-refractivity contribution in [3.8, 4) is 11.5 Å². The average molecular weight is 189 g/mol. The summed E-state index contributed by atoms with van der Waals surface area (Å²) >= 11 is 0. The molecule has 3 heteroatoms. The van der Waals surface area contributed by atoms with Crippen molar-refractivity contribution in [3.05, 3.63) is 30.3 Å². The number of nitrogen functional groups attached to an aromatic ring is 1. The lowest BCUT2D eigenvalue weighted by molar-refractivity contribution is 0.416. The van der Waals surface area contributed by atoms with Gasteiger partial charge in [-0.25, -0.2) is 0 Å². The predicted molar refractivity (Wildman–Crippen MR) is 56.6 cm³/mol.